The lowest BCUT2D eigenvalue weighted by Crippen LogP contribution is -2.46. The Kier molecular flexibility index (Phi) is 5.79. The van der Waals surface area contributed by atoms with E-state index >= 15 is 0 Å². The molecule has 1 N–H and O–H groups in total. The summed E-state index contributed by atoms with van der Waals surface area (Å²) in [5.74, 6) is 1.44. The number of hydrogen-bond acceptors (Lipinski definition) is 5. The van der Waals surface area contributed by atoms with E-state index in [-0.39, 0.29) is 17.7 Å². The van der Waals surface area contributed by atoms with Gasteiger partial charge in [0, 0.05) is 18.7 Å². The molecule has 0 atom stereocenters. The molecule has 27 heavy (non-hydrogen) atoms. The fourth-order valence-corrected chi connectivity index (χ4v) is 3.86. The summed E-state index contributed by atoms with van der Waals surface area (Å²) in [6, 6.07) is 7.27. The number of aliphatic imine (C=N–C) groups is 1. The monoisotopic (exact) mass is 373 g/mol. The highest BCUT2D eigenvalue weighted by Crippen LogP contribution is 2.40. The lowest BCUT2D eigenvalue weighted by Gasteiger charge is -2.33. The molecule has 0 bridgehead atoms. The van der Waals surface area contributed by atoms with E-state index in [9.17, 15) is 9.59 Å². The summed E-state index contributed by atoms with van der Waals surface area (Å²) in [6.45, 7) is 2.88. The summed E-state index contributed by atoms with van der Waals surface area (Å²) in [7, 11) is 3.23. The van der Waals surface area contributed by atoms with Crippen molar-refractivity contribution in [3.63, 3.8) is 0 Å². The largest absolute Gasteiger partial charge is 0.497 e. The normalized spacial score (nSPS) is 24.9. The maximum Gasteiger partial charge on any atom is 0.255 e. The van der Waals surface area contributed by atoms with Crippen molar-refractivity contribution in [3.8, 4) is 5.75 Å². The van der Waals surface area contributed by atoms with Crippen molar-refractivity contribution >= 4 is 23.3 Å². The van der Waals surface area contributed by atoms with Crippen molar-refractivity contribution in [2.45, 2.75) is 38.1 Å². The molecule has 1 heterocycles. The first kappa shape index (κ1) is 19.4. The second-order valence-corrected chi connectivity index (χ2v) is 7.13. The highest BCUT2D eigenvalue weighted by atomic mass is 16.5. The Labute approximate surface area is 159 Å². The summed E-state index contributed by atoms with van der Waals surface area (Å²) in [6.07, 6.45) is 2.52. The minimum Gasteiger partial charge on any atom is -0.497 e. The van der Waals surface area contributed by atoms with Gasteiger partial charge in [0.2, 0.25) is 5.91 Å². The third kappa shape index (κ3) is 3.98. The number of carbonyl (C=O) groups is 2. The molecule has 0 unspecified atom stereocenters. The van der Waals surface area contributed by atoms with Crippen LogP contribution in [0.2, 0.25) is 0 Å². The molecule has 1 saturated carbocycles. The molecule has 1 aromatic rings. The van der Waals surface area contributed by atoms with E-state index < -0.39 is 5.54 Å². The van der Waals surface area contributed by atoms with E-state index in [1.54, 1.807) is 19.1 Å². The molecule has 1 aliphatic carbocycles. The van der Waals surface area contributed by atoms with E-state index in [4.69, 9.17) is 9.47 Å². The number of nitrogens with one attached hydrogen (secondary N) is 1. The Morgan fingerprint density at radius 3 is 2.52 bits per heavy atom. The average Bonchev–Trinajstić information content (AvgIpc) is 2.90. The standard InChI is InChI=1S/C20H27N3O4/c1-14-22-20(19(25)23(14)12-13-26-2)10-8-15(9-11-20)18(24)21-16-4-6-17(27-3)7-5-16/h4-7,15H,8-13H2,1-3H3,(H,21,24). The van der Waals surface area contributed by atoms with Gasteiger partial charge in [-0.1, -0.05) is 0 Å². The lowest BCUT2D eigenvalue weighted by molar-refractivity contribution is -0.134. The first-order valence-corrected chi connectivity index (χ1v) is 9.31. The van der Waals surface area contributed by atoms with Gasteiger partial charge in [-0.25, -0.2) is 0 Å². The molecular weight excluding hydrogens is 346 g/mol. The van der Waals surface area contributed by atoms with Crippen LogP contribution in [0.15, 0.2) is 29.3 Å². The Bertz CT molecular complexity index is 721. The van der Waals surface area contributed by atoms with Crippen LogP contribution in [0.1, 0.15) is 32.6 Å². The SMILES string of the molecule is COCCN1C(=O)C2(CCC(C(=O)Nc3ccc(OC)cc3)CC2)N=C1C. The first-order valence-electron chi connectivity index (χ1n) is 9.31. The van der Waals surface area contributed by atoms with Crippen molar-refractivity contribution in [2.24, 2.45) is 10.9 Å². The molecule has 1 aliphatic heterocycles. The van der Waals surface area contributed by atoms with Crippen molar-refractivity contribution in [2.75, 3.05) is 32.7 Å². The second-order valence-electron chi connectivity index (χ2n) is 7.13. The smallest absolute Gasteiger partial charge is 0.255 e. The number of hydrogen-bond donors (Lipinski definition) is 1. The van der Waals surface area contributed by atoms with Crippen molar-refractivity contribution in [1.29, 1.82) is 0 Å². The molecule has 146 valence electrons. The summed E-state index contributed by atoms with van der Waals surface area (Å²) >= 11 is 0. The van der Waals surface area contributed by atoms with Gasteiger partial charge in [-0.3, -0.25) is 19.5 Å². The third-order valence-corrected chi connectivity index (χ3v) is 5.47. The van der Waals surface area contributed by atoms with Crippen molar-refractivity contribution in [3.05, 3.63) is 24.3 Å². The van der Waals surface area contributed by atoms with Gasteiger partial charge in [-0.2, -0.15) is 0 Å². The topological polar surface area (TPSA) is 80.2 Å². The number of rotatable bonds is 6. The lowest BCUT2D eigenvalue weighted by atomic mass is 9.76. The second kappa shape index (κ2) is 8.08. The van der Waals surface area contributed by atoms with Gasteiger partial charge in [0.25, 0.3) is 5.91 Å². The Balaban J connectivity index is 1.58. The molecule has 7 heteroatoms. The maximum atomic E-state index is 12.9. The van der Waals surface area contributed by atoms with Crippen LogP contribution in [-0.4, -0.2) is 55.5 Å². The molecule has 2 amide bonds. The van der Waals surface area contributed by atoms with Gasteiger partial charge in [0.05, 0.1) is 20.3 Å². The van der Waals surface area contributed by atoms with E-state index in [1.807, 2.05) is 31.2 Å². The molecule has 0 aromatic heterocycles. The molecule has 0 radical (unpaired) electrons. The summed E-state index contributed by atoms with van der Waals surface area (Å²) in [4.78, 5) is 31.8. The quantitative estimate of drug-likeness (QED) is 0.831. The van der Waals surface area contributed by atoms with Crippen molar-refractivity contribution < 1.29 is 19.1 Å². The zero-order valence-electron chi connectivity index (χ0n) is 16.2. The minimum absolute atomic E-state index is 0.00240. The molecule has 1 spiro atoms. The van der Waals surface area contributed by atoms with Crippen LogP contribution in [0.4, 0.5) is 5.69 Å². The van der Waals surface area contributed by atoms with E-state index in [2.05, 4.69) is 10.3 Å². The Morgan fingerprint density at radius 1 is 1.26 bits per heavy atom. The van der Waals surface area contributed by atoms with Gasteiger partial charge in [0.15, 0.2) is 0 Å². The van der Waals surface area contributed by atoms with Crippen LogP contribution in [-0.2, 0) is 14.3 Å². The number of benzene rings is 1. The number of carbonyl (C=O) groups excluding carboxylic acids is 2. The zero-order chi connectivity index (χ0) is 19.4. The molecule has 1 aromatic carbocycles. The average molecular weight is 373 g/mol. The van der Waals surface area contributed by atoms with Crippen LogP contribution < -0.4 is 10.1 Å². The molecule has 0 saturated heterocycles. The first-order chi connectivity index (χ1) is 13.0. The van der Waals surface area contributed by atoms with Crippen LogP contribution in [0.3, 0.4) is 0 Å². The van der Waals surface area contributed by atoms with Gasteiger partial charge >= 0.3 is 0 Å². The molecule has 3 rings (SSSR count). The minimum atomic E-state index is -0.686. The highest BCUT2D eigenvalue weighted by molar-refractivity contribution is 6.07. The van der Waals surface area contributed by atoms with Crippen LogP contribution >= 0.6 is 0 Å². The number of methoxy groups -OCH3 is 2. The van der Waals surface area contributed by atoms with E-state index in [1.165, 1.54) is 0 Å². The number of ether oxygens (including phenoxy) is 2. The van der Waals surface area contributed by atoms with Gasteiger partial charge in [-0.15, -0.1) is 0 Å². The predicted octanol–water partition coefficient (Wildman–Crippen LogP) is 2.47. The molecule has 7 nitrogen and oxygen atoms in total. The van der Waals surface area contributed by atoms with E-state index in [0.29, 0.717) is 38.8 Å². The van der Waals surface area contributed by atoms with Crippen LogP contribution in [0.25, 0.3) is 0 Å². The third-order valence-electron chi connectivity index (χ3n) is 5.47. The number of nitrogens with zero attached hydrogens (tertiary/aromatic N) is 2. The number of amidine groups is 1. The van der Waals surface area contributed by atoms with Crippen molar-refractivity contribution in [1.82, 2.24) is 4.90 Å². The number of amides is 2. The maximum absolute atomic E-state index is 12.9. The fourth-order valence-electron chi connectivity index (χ4n) is 3.86. The molecule has 2 aliphatic rings. The van der Waals surface area contributed by atoms with Gasteiger partial charge < -0.3 is 14.8 Å². The fraction of sp³-hybridized carbons (Fsp3) is 0.550. The summed E-state index contributed by atoms with van der Waals surface area (Å²) in [5, 5.41) is 2.96. The molecular formula is C20H27N3O4. The summed E-state index contributed by atoms with van der Waals surface area (Å²) in [5.41, 5.74) is 0.0620. The predicted molar refractivity (Wildman–Crippen MR) is 103 cm³/mol. The number of anilines is 1. The molecule has 1 fully saturated rings. The van der Waals surface area contributed by atoms with E-state index in [0.717, 1.165) is 17.3 Å². The van der Waals surface area contributed by atoms with Crippen LogP contribution in [0, 0.1) is 5.92 Å². The van der Waals surface area contributed by atoms with Gasteiger partial charge in [0.1, 0.15) is 17.1 Å². The Hall–Kier alpha value is -2.41. The summed E-state index contributed by atoms with van der Waals surface area (Å²) < 4.78 is 10.2. The zero-order valence-corrected chi connectivity index (χ0v) is 16.2. The van der Waals surface area contributed by atoms with Crippen LogP contribution in [0.5, 0.6) is 5.75 Å². The highest BCUT2D eigenvalue weighted by Gasteiger charge is 2.49. The Morgan fingerprint density at radius 2 is 1.93 bits per heavy atom. The van der Waals surface area contributed by atoms with Gasteiger partial charge in [-0.05, 0) is 56.9 Å².